The number of carbonyl (C=O) groups is 1. The number of furan rings is 1. The monoisotopic (exact) mass is 752 g/mol. The molecule has 16 heteroatoms. The van der Waals surface area contributed by atoms with Crippen molar-refractivity contribution in [2.45, 2.75) is 63.1 Å². The number of aliphatic hydroxyl groups is 1. The number of alkyl halides is 4. The molecule has 3 N–H and O–H groups in total. The third-order valence-electron chi connectivity index (χ3n) is 9.35. The Morgan fingerprint density at radius 1 is 1.13 bits per heavy atom. The van der Waals surface area contributed by atoms with Gasteiger partial charge in [0.15, 0.2) is 10.7 Å². The van der Waals surface area contributed by atoms with Gasteiger partial charge in [-0.15, -0.1) is 0 Å². The molecule has 4 heterocycles. The molecular formula is C37H27ClF6N6O3. The molecule has 0 saturated heterocycles. The van der Waals surface area contributed by atoms with Crippen molar-refractivity contribution >= 4 is 39.6 Å². The van der Waals surface area contributed by atoms with E-state index in [1.807, 2.05) is 0 Å². The quantitative estimate of drug-likeness (QED) is 0.108. The van der Waals surface area contributed by atoms with E-state index in [2.05, 4.69) is 32.5 Å². The molecule has 4 aromatic heterocycles. The van der Waals surface area contributed by atoms with Gasteiger partial charge >= 0.3 is 0 Å². The molecule has 1 fully saturated rings. The average Bonchev–Trinajstić information content (AvgIpc) is 3.35. The van der Waals surface area contributed by atoms with E-state index in [0.29, 0.717) is 38.4 Å². The summed E-state index contributed by atoms with van der Waals surface area (Å²) in [7, 11) is 0. The lowest BCUT2D eigenvalue weighted by Gasteiger charge is -2.23. The van der Waals surface area contributed by atoms with Crippen LogP contribution in [-0.4, -0.2) is 41.6 Å². The van der Waals surface area contributed by atoms with Crippen LogP contribution in [0.25, 0.3) is 33.2 Å². The zero-order valence-corrected chi connectivity index (χ0v) is 28.5. The summed E-state index contributed by atoms with van der Waals surface area (Å²) in [6.07, 6.45) is -3.36. The standard InChI is InChI=1S/C37H27ClF6N6O3/c1-36(2,52)9-8-19-6-7-20(21-4-3-5-22-29-32(53-31(21)22)34(38)48-47-29)28(45-19)25(12-16-10-17(39)13-18(40)11-16)46-26(51)15-50-33-27(30(49-50)35(41)42)23-14-24(23)37(33,43)44/h3-7,10-11,13,23-25,35,52H,12,14-15H2,1-2H3,(H,46,51)(H,47,48)/t23-,24+,25-/m0/s1. The summed E-state index contributed by atoms with van der Waals surface area (Å²) < 4.78 is 94.3. The highest BCUT2D eigenvalue weighted by Crippen LogP contribution is 2.68. The highest BCUT2D eigenvalue weighted by atomic mass is 35.5. The number of aromatic amines is 1. The summed E-state index contributed by atoms with van der Waals surface area (Å²) in [6.45, 7) is 2.07. The van der Waals surface area contributed by atoms with Gasteiger partial charge in [0, 0.05) is 34.1 Å². The van der Waals surface area contributed by atoms with E-state index in [0.717, 1.165) is 12.1 Å². The number of hydrogen-bond donors (Lipinski definition) is 3. The van der Waals surface area contributed by atoms with Crippen molar-refractivity contribution in [3.8, 4) is 23.0 Å². The normalized spacial score (nSPS) is 17.9. The first-order valence-corrected chi connectivity index (χ1v) is 16.8. The van der Waals surface area contributed by atoms with Crippen LogP contribution in [0.4, 0.5) is 26.3 Å². The molecule has 8 rings (SSSR count). The summed E-state index contributed by atoms with van der Waals surface area (Å²) in [4.78, 5) is 18.6. The number of nitrogens with one attached hydrogen (secondary N) is 2. The maximum atomic E-state index is 15.3. The SMILES string of the molecule is CC(C)(O)C#Cc1ccc(-c2cccc3c2oc2c(Cl)[nH]nc23)c([C@H](Cc2cc(F)cc(F)c2)NC(=O)Cn2nc(C(F)F)c3c2C(F)(F)[C@@H]2C[C@H]32)n1. The minimum atomic E-state index is -3.47. The topological polar surface area (TPSA) is 122 Å². The third kappa shape index (κ3) is 6.19. The summed E-state index contributed by atoms with van der Waals surface area (Å²) >= 11 is 6.27. The Morgan fingerprint density at radius 3 is 2.60 bits per heavy atom. The first-order valence-electron chi connectivity index (χ1n) is 16.4. The van der Waals surface area contributed by atoms with Gasteiger partial charge in [-0.25, -0.2) is 22.5 Å². The van der Waals surface area contributed by atoms with Crippen molar-refractivity contribution in [2.75, 3.05) is 0 Å². The van der Waals surface area contributed by atoms with Crippen LogP contribution in [0.15, 0.2) is 52.9 Å². The highest BCUT2D eigenvalue weighted by molar-refractivity contribution is 6.34. The van der Waals surface area contributed by atoms with Crippen LogP contribution in [-0.2, 0) is 23.7 Å². The number of amides is 1. The number of carbonyl (C=O) groups excluding carboxylic acids is 1. The molecule has 272 valence electrons. The molecule has 2 aliphatic rings. The van der Waals surface area contributed by atoms with Crippen molar-refractivity contribution in [1.82, 2.24) is 30.3 Å². The van der Waals surface area contributed by atoms with Gasteiger partial charge in [-0.3, -0.25) is 14.6 Å². The van der Waals surface area contributed by atoms with E-state index in [-0.39, 0.29) is 46.1 Å². The second kappa shape index (κ2) is 12.4. The van der Waals surface area contributed by atoms with Crippen LogP contribution in [0.5, 0.6) is 0 Å². The van der Waals surface area contributed by atoms with Crippen molar-refractivity contribution in [2.24, 2.45) is 5.92 Å². The number of halogens is 7. The lowest BCUT2D eigenvalue weighted by Crippen LogP contribution is -2.35. The molecule has 0 unspecified atom stereocenters. The molecule has 2 aromatic carbocycles. The van der Waals surface area contributed by atoms with Crippen LogP contribution >= 0.6 is 11.6 Å². The molecule has 2 aliphatic carbocycles. The van der Waals surface area contributed by atoms with Gasteiger partial charge < -0.3 is 14.8 Å². The zero-order valence-electron chi connectivity index (χ0n) is 27.7. The zero-order chi connectivity index (χ0) is 37.6. The predicted octanol–water partition coefficient (Wildman–Crippen LogP) is 7.87. The maximum absolute atomic E-state index is 15.3. The van der Waals surface area contributed by atoms with Gasteiger partial charge in [-0.2, -0.15) is 19.0 Å². The summed E-state index contributed by atoms with van der Waals surface area (Å²) in [5, 5.41) is 24.4. The number of fused-ring (bicyclic) bond motifs is 6. The first kappa shape index (κ1) is 34.7. The van der Waals surface area contributed by atoms with Crippen molar-refractivity contribution in [3.63, 3.8) is 0 Å². The second-order valence-corrected chi connectivity index (χ2v) is 14.1. The number of para-hydroxylation sites is 1. The van der Waals surface area contributed by atoms with Crippen LogP contribution in [0.2, 0.25) is 5.15 Å². The first-order chi connectivity index (χ1) is 25.1. The molecule has 1 saturated carbocycles. The van der Waals surface area contributed by atoms with E-state index >= 15 is 8.78 Å². The average molecular weight is 753 g/mol. The summed E-state index contributed by atoms with van der Waals surface area (Å²) in [6, 6.07) is 9.95. The van der Waals surface area contributed by atoms with E-state index in [1.54, 1.807) is 30.3 Å². The fourth-order valence-corrected chi connectivity index (χ4v) is 7.29. The number of hydrogen-bond acceptors (Lipinski definition) is 6. The molecular weight excluding hydrogens is 726 g/mol. The third-order valence-corrected chi connectivity index (χ3v) is 9.61. The number of pyridine rings is 1. The molecule has 0 spiro atoms. The number of nitrogens with zero attached hydrogens (tertiary/aromatic N) is 4. The Kier molecular flexibility index (Phi) is 8.12. The maximum Gasteiger partial charge on any atom is 0.293 e. The lowest BCUT2D eigenvalue weighted by molar-refractivity contribution is -0.123. The van der Waals surface area contributed by atoms with Crippen LogP contribution in [0.1, 0.15) is 72.6 Å². The van der Waals surface area contributed by atoms with E-state index < -0.39 is 71.3 Å². The van der Waals surface area contributed by atoms with Crippen LogP contribution in [0.3, 0.4) is 0 Å². The Balaban J connectivity index is 1.26. The molecule has 6 aromatic rings. The lowest BCUT2D eigenvalue weighted by atomic mass is 9.94. The van der Waals surface area contributed by atoms with Crippen LogP contribution in [0, 0.1) is 29.4 Å². The second-order valence-electron chi connectivity index (χ2n) is 13.7. The minimum absolute atomic E-state index is 0.0469. The summed E-state index contributed by atoms with van der Waals surface area (Å²) in [5.41, 5.74) is -0.900. The molecule has 0 radical (unpaired) electrons. The number of rotatable bonds is 8. The van der Waals surface area contributed by atoms with Crippen LogP contribution < -0.4 is 5.32 Å². The smallest absolute Gasteiger partial charge is 0.293 e. The predicted molar refractivity (Wildman–Crippen MR) is 180 cm³/mol. The fraction of sp³-hybridized carbons (Fsp3) is 0.297. The molecule has 0 aliphatic heterocycles. The van der Waals surface area contributed by atoms with E-state index in [9.17, 15) is 27.5 Å². The highest BCUT2D eigenvalue weighted by Gasteiger charge is 2.67. The van der Waals surface area contributed by atoms with Gasteiger partial charge in [0.2, 0.25) is 5.91 Å². The Bertz CT molecular complexity index is 2510. The molecule has 53 heavy (non-hydrogen) atoms. The minimum Gasteiger partial charge on any atom is -0.450 e. The van der Waals surface area contributed by atoms with Crippen molar-refractivity contribution < 1.29 is 40.7 Å². The molecule has 9 nitrogen and oxygen atoms in total. The Morgan fingerprint density at radius 2 is 1.89 bits per heavy atom. The molecule has 0 bridgehead atoms. The summed E-state index contributed by atoms with van der Waals surface area (Å²) in [5.74, 6) is -2.62. The molecule has 3 atom stereocenters. The van der Waals surface area contributed by atoms with E-state index in [4.69, 9.17) is 21.0 Å². The Hall–Kier alpha value is -5.33. The number of aromatic nitrogens is 5. The fourth-order valence-electron chi connectivity index (χ4n) is 7.12. The van der Waals surface area contributed by atoms with Gasteiger partial charge in [0.25, 0.3) is 12.3 Å². The Labute approximate surface area is 301 Å². The largest absolute Gasteiger partial charge is 0.450 e. The van der Waals surface area contributed by atoms with Crippen molar-refractivity contribution in [1.29, 1.82) is 0 Å². The van der Waals surface area contributed by atoms with E-state index in [1.165, 1.54) is 13.8 Å². The van der Waals surface area contributed by atoms with Gasteiger partial charge in [-0.05, 0) is 74.4 Å². The number of benzene rings is 2. The van der Waals surface area contributed by atoms with Gasteiger partial charge in [0.05, 0.1) is 11.7 Å². The molecule has 1 amide bonds. The number of H-pyrrole nitrogens is 1. The van der Waals surface area contributed by atoms with Gasteiger partial charge in [-0.1, -0.05) is 29.7 Å². The van der Waals surface area contributed by atoms with Gasteiger partial charge in [0.1, 0.15) is 52.0 Å². The van der Waals surface area contributed by atoms with Crippen molar-refractivity contribution in [3.05, 3.63) is 99.2 Å².